The van der Waals surface area contributed by atoms with Crippen molar-refractivity contribution in [1.29, 1.82) is 0 Å². The molecule has 2 aliphatic carbocycles. The van der Waals surface area contributed by atoms with Gasteiger partial charge >= 0.3 is 5.97 Å². The molecule has 8 heteroatoms. The van der Waals surface area contributed by atoms with Gasteiger partial charge < -0.3 is 15.2 Å². The highest BCUT2D eigenvalue weighted by Crippen LogP contribution is 2.51. The molecule has 2 heterocycles. The number of hydrogen-bond acceptors (Lipinski definition) is 8. The molecule has 35 heavy (non-hydrogen) atoms. The number of esters is 1. The highest BCUT2D eigenvalue weighted by Gasteiger charge is 2.49. The molecule has 184 valence electrons. The van der Waals surface area contributed by atoms with Crippen LogP contribution in [0.5, 0.6) is 0 Å². The monoisotopic (exact) mass is 492 g/mol. The number of aliphatic hydroxyl groups is 1. The second kappa shape index (κ2) is 8.99. The molecule has 7 nitrogen and oxygen atoms in total. The Morgan fingerprint density at radius 1 is 1.20 bits per heavy atom. The van der Waals surface area contributed by atoms with Crippen LogP contribution in [0.1, 0.15) is 68.1 Å². The summed E-state index contributed by atoms with van der Waals surface area (Å²) in [4.78, 5) is 26.8. The van der Waals surface area contributed by atoms with Crippen molar-refractivity contribution in [3.8, 4) is 10.4 Å². The van der Waals surface area contributed by atoms with Crippen molar-refractivity contribution in [2.45, 2.75) is 64.4 Å². The van der Waals surface area contributed by atoms with Crippen LogP contribution in [-0.4, -0.2) is 33.1 Å². The topological polar surface area (TPSA) is 97.2 Å². The number of nitrogens with one attached hydrogen (secondary N) is 1. The van der Waals surface area contributed by atoms with E-state index in [0.29, 0.717) is 36.1 Å². The van der Waals surface area contributed by atoms with Crippen LogP contribution >= 0.6 is 11.3 Å². The first-order chi connectivity index (χ1) is 16.7. The van der Waals surface area contributed by atoms with Crippen molar-refractivity contribution in [2.24, 2.45) is 11.3 Å². The van der Waals surface area contributed by atoms with Crippen LogP contribution in [0.2, 0.25) is 0 Å². The SMILES string of the molecule is COC(=O)[C@H]1CC[C@](O)(c2ncc(-c3cc(Nc4nccc(C)n4)cc(C4CC4)c3)s2)CC1(C)C. The number of ether oxygens (including phenoxy) is 1. The molecule has 0 spiro atoms. The van der Waals surface area contributed by atoms with Crippen LogP contribution in [-0.2, 0) is 15.1 Å². The number of anilines is 2. The van der Waals surface area contributed by atoms with Crippen LogP contribution < -0.4 is 5.32 Å². The maximum absolute atomic E-state index is 12.3. The van der Waals surface area contributed by atoms with E-state index in [1.54, 1.807) is 6.20 Å². The van der Waals surface area contributed by atoms with E-state index >= 15 is 0 Å². The second-order valence-electron chi connectivity index (χ2n) is 10.6. The molecular formula is C27H32N4O3S. The number of aryl methyl sites for hydroxylation is 1. The number of thiazole rings is 1. The summed E-state index contributed by atoms with van der Waals surface area (Å²) >= 11 is 1.53. The Kier molecular flexibility index (Phi) is 6.13. The van der Waals surface area contributed by atoms with Gasteiger partial charge in [0.15, 0.2) is 0 Å². The van der Waals surface area contributed by atoms with E-state index in [1.165, 1.54) is 36.9 Å². The average Bonchev–Trinajstić information content (AvgIpc) is 3.53. The summed E-state index contributed by atoms with van der Waals surface area (Å²) in [5, 5.41) is 15.7. The lowest BCUT2D eigenvalue weighted by Gasteiger charge is -2.44. The molecule has 3 aromatic rings. The van der Waals surface area contributed by atoms with Gasteiger partial charge in [0.05, 0.1) is 17.9 Å². The van der Waals surface area contributed by atoms with Crippen LogP contribution in [0.3, 0.4) is 0 Å². The smallest absolute Gasteiger partial charge is 0.309 e. The van der Waals surface area contributed by atoms with Gasteiger partial charge in [-0.05, 0) is 85.8 Å². The van der Waals surface area contributed by atoms with Gasteiger partial charge in [0.25, 0.3) is 0 Å². The van der Waals surface area contributed by atoms with Gasteiger partial charge in [-0.3, -0.25) is 4.79 Å². The Hall–Kier alpha value is -2.84. The standard InChI is InChI=1S/C27H32N4O3S/c1-16-8-10-28-25(30-16)31-20-12-18(17-5-6-17)11-19(13-20)22-14-29-24(35-22)27(33)9-7-21(23(32)34-4)26(2,3)15-27/h8,10-14,17,21,33H,5-7,9,15H2,1-4H3,(H,28,30,31)/t21-,27-/m1/s1. The molecule has 1 aromatic carbocycles. The molecule has 0 radical (unpaired) electrons. The Balaban J connectivity index is 1.43. The van der Waals surface area contributed by atoms with E-state index < -0.39 is 5.60 Å². The fourth-order valence-corrected chi connectivity index (χ4v) is 6.30. The van der Waals surface area contributed by atoms with Crippen molar-refractivity contribution in [3.05, 3.63) is 52.9 Å². The second-order valence-corrected chi connectivity index (χ2v) is 11.6. The third kappa shape index (κ3) is 4.95. The first kappa shape index (κ1) is 23.9. The van der Waals surface area contributed by atoms with Crippen molar-refractivity contribution in [1.82, 2.24) is 15.0 Å². The zero-order chi connectivity index (χ0) is 24.8. The molecule has 5 rings (SSSR count). The molecule has 0 amide bonds. The minimum Gasteiger partial charge on any atom is -0.469 e. The van der Waals surface area contributed by atoms with Gasteiger partial charge in [0.2, 0.25) is 5.95 Å². The third-order valence-corrected chi connectivity index (χ3v) is 8.51. The first-order valence-corrected chi connectivity index (χ1v) is 13.0. The Morgan fingerprint density at radius 3 is 2.69 bits per heavy atom. The summed E-state index contributed by atoms with van der Waals surface area (Å²) in [5.74, 6) is 0.735. The largest absolute Gasteiger partial charge is 0.469 e. The maximum atomic E-state index is 12.3. The first-order valence-electron chi connectivity index (χ1n) is 12.2. The predicted molar refractivity (Wildman–Crippen MR) is 137 cm³/mol. The molecule has 2 aliphatic rings. The van der Waals surface area contributed by atoms with Gasteiger partial charge in [-0.15, -0.1) is 11.3 Å². The number of rotatable bonds is 6. The predicted octanol–water partition coefficient (Wildman–Crippen LogP) is 5.72. The lowest BCUT2D eigenvalue weighted by atomic mass is 9.63. The molecule has 0 bridgehead atoms. The van der Waals surface area contributed by atoms with E-state index in [2.05, 4.69) is 38.5 Å². The molecule has 0 unspecified atom stereocenters. The highest BCUT2D eigenvalue weighted by atomic mass is 32.1. The van der Waals surface area contributed by atoms with Crippen LogP contribution in [0.4, 0.5) is 11.6 Å². The molecule has 2 fully saturated rings. The minimum atomic E-state index is -1.05. The fourth-order valence-electron chi connectivity index (χ4n) is 5.28. The molecule has 2 saturated carbocycles. The van der Waals surface area contributed by atoms with E-state index in [4.69, 9.17) is 4.74 Å². The van der Waals surface area contributed by atoms with E-state index in [9.17, 15) is 9.90 Å². The van der Waals surface area contributed by atoms with Crippen LogP contribution in [0.25, 0.3) is 10.4 Å². The van der Waals surface area contributed by atoms with E-state index in [0.717, 1.165) is 21.8 Å². The number of carbonyl (C=O) groups is 1. The summed E-state index contributed by atoms with van der Waals surface area (Å²) < 4.78 is 5.01. The Labute approximate surface area is 210 Å². The van der Waals surface area contributed by atoms with E-state index in [1.807, 2.05) is 33.0 Å². The molecular weight excluding hydrogens is 460 g/mol. The van der Waals surface area contributed by atoms with Crippen molar-refractivity contribution < 1.29 is 14.6 Å². The number of methoxy groups -OCH3 is 1. The van der Waals surface area contributed by atoms with Gasteiger partial charge in [-0.25, -0.2) is 15.0 Å². The third-order valence-electron chi connectivity index (χ3n) is 7.27. The summed E-state index contributed by atoms with van der Waals surface area (Å²) in [6, 6.07) is 8.38. The summed E-state index contributed by atoms with van der Waals surface area (Å²) in [6.45, 7) is 6.00. The zero-order valence-corrected chi connectivity index (χ0v) is 21.5. The van der Waals surface area contributed by atoms with Gasteiger partial charge in [-0.1, -0.05) is 13.8 Å². The lowest BCUT2D eigenvalue weighted by Crippen LogP contribution is -2.45. The fraction of sp³-hybridized carbons (Fsp3) is 0.481. The van der Waals surface area contributed by atoms with Crippen LogP contribution in [0.15, 0.2) is 36.7 Å². The Bertz CT molecular complexity index is 1250. The Morgan fingerprint density at radius 2 is 2.00 bits per heavy atom. The van der Waals surface area contributed by atoms with Gasteiger partial charge in [0.1, 0.15) is 10.6 Å². The van der Waals surface area contributed by atoms with Crippen LogP contribution in [0, 0.1) is 18.3 Å². The number of nitrogens with zero attached hydrogens (tertiary/aromatic N) is 3. The average molecular weight is 493 g/mol. The number of carbonyl (C=O) groups excluding carboxylic acids is 1. The molecule has 2 atom stereocenters. The highest BCUT2D eigenvalue weighted by molar-refractivity contribution is 7.15. The van der Waals surface area contributed by atoms with Crippen molar-refractivity contribution in [2.75, 3.05) is 12.4 Å². The van der Waals surface area contributed by atoms with Crippen molar-refractivity contribution >= 4 is 28.9 Å². The number of benzene rings is 1. The molecule has 0 aliphatic heterocycles. The van der Waals surface area contributed by atoms with Gasteiger partial charge in [-0.2, -0.15) is 0 Å². The minimum absolute atomic E-state index is 0.202. The quantitative estimate of drug-likeness (QED) is 0.425. The molecule has 2 N–H and O–H groups in total. The number of aromatic nitrogens is 3. The van der Waals surface area contributed by atoms with E-state index in [-0.39, 0.29) is 17.3 Å². The summed E-state index contributed by atoms with van der Waals surface area (Å²) in [7, 11) is 1.43. The number of hydrogen-bond donors (Lipinski definition) is 2. The van der Waals surface area contributed by atoms with Crippen molar-refractivity contribution in [3.63, 3.8) is 0 Å². The lowest BCUT2D eigenvalue weighted by molar-refractivity contribution is -0.157. The summed E-state index contributed by atoms with van der Waals surface area (Å²) in [5.41, 5.74) is 2.78. The van der Waals surface area contributed by atoms with Gasteiger partial charge in [0, 0.05) is 23.8 Å². The molecule has 0 saturated heterocycles. The zero-order valence-electron chi connectivity index (χ0n) is 20.7. The normalized spacial score (nSPS) is 23.6. The summed E-state index contributed by atoms with van der Waals surface area (Å²) in [6.07, 6.45) is 7.54. The molecule has 2 aromatic heterocycles. The maximum Gasteiger partial charge on any atom is 0.309 e.